The largest absolute Gasteiger partial charge is 0.296 e. The fourth-order valence-corrected chi connectivity index (χ4v) is 5.04. The molecule has 3 N–H and O–H groups in total. The van der Waals surface area contributed by atoms with Crippen molar-refractivity contribution in [1.82, 2.24) is 10.1 Å². The molecule has 1 aliphatic rings. The number of unbranched alkanes of at least 4 members (excludes halogenated alkanes) is 2. The predicted octanol–water partition coefficient (Wildman–Crippen LogP) is 4.39. The zero-order chi connectivity index (χ0) is 21.7. The molecule has 0 bridgehead atoms. The summed E-state index contributed by atoms with van der Waals surface area (Å²) in [5.41, 5.74) is 6.22. The Morgan fingerprint density at radius 3 is 2.47 bits per heavy atom. The lowest BCUT2D eigenvalue weighted by atomic mass is 10.2. The molecule has 0 saturated carbocycles. The van der Waals surface area contributed by atoms with Gasteiger partial charge in [-0.2, -0.15) is 0 Å². The van der Waals surface area contributed by atoms with Gasteiger partial charge in [0.1, 0.15) is 5.84 Å². The van der Waals surface area contributed by atoms with Crippen LogP contribution in [0.1, 0.15) is 31.2 Å². The van der Waals surface area contributed by atoms with E-state index < -0.39 is 10.0 Å². The van der Waals surface area contributed by atoms with Gasteiger partial charge >= 0.3 is 0 Å². The van der Waals surface area contributed by atoms with Gasteiger partial charge < -0.3 is 0 Å². The van der Waals surface area contributed by atoms with Gasteiger partial charge in [-0.05, 0) is 37.1 Å². The van der Waals surface area contributed by atoms with Crippen molar-refractivity contribution in [2.45, 2.75) is 30.6 Å². The lowest BCUT2D eigenvalue weighted by Gasteiger charge is -2.12. The minimum absolute atomic E-state index is 0.208. The second kappa shape index (κ2) is 9.87. The highest BCUT2D eigenvalue weighted by Crippen LogP contribution is 2.33. The summed E-state index contributed by atoms with van der Waals surface area (Å²) in [5.74, 6) is 0.158. The maximum Gasteiger partial charge on any atom is 0.263 e. The number of sulfonamides is 1. The third-order valence-corrected chi connectivity index (χ3v) is 6.54. The molecule has 0 aliphatic carbocycles. The Bertz CT molecular complexity index is 1070. The number of nitrogens with one attached hydrogen (secondary N) is 3. The van der Waals surface area contributed by atoms with E-state index in [0.717, 1.165) is 12.8 Å². The molecule has 1 amide bonds. The first kappa shape index (κ1) is 22.7. The fraction of sp³-hybridized carbons (Fsp3) is 0.263. The van der Waals surface area contributed by atoms with Crippen molar-refractivity contribution in [2.75, 3.05) is 12.0 Å². The van der Waals surface area contributed by atoms with Crippen molar-refractivity contribution in [1.29, 1.82) is 0 Å². The van der Waals surface area contributed by atoms with Crippen LogP contribution in [0.15, 0.2) is 46.3 Å². The third-order valence-electron chi connectivity index (χ3n) is 4.33. The van der Waals surface area contributed by atoms with Gasteiger partial charge in [-0.15, -0.1) is 0 Å². The van der Waals surface area contributed by atoms with Gasteiger partial charge in [0.05, 0.1) is 20.6 Å². The molecule has 0 radical (unpaired) electrons. The summed E-state index contributed by atoms with van der Waals surface area (Å²) in [6.45, 7) is 0.460. The highest BCUT2D eigenvalue weighted by molar-refractivity contribution is 7.90. The molecular weight excluding hydrogens is 471 g/mol. The van der Waals surface area contributed by atoms with Crippen LogP contribution in [0.4, 0.5) is 5.69 Å². The van der Waals surface area contributed by atoms with Crippen molar-refractivity contribution in [3.63, 3.8) is 0 Å². The molecule has 0 atom stereocenters. The first-order valence-electron chi connectivity index (χ1n) is 9.14. The molecule has 11 heteroatoms. The Morgan fingerprint density at radius 2 is 1.73 bits per heavy atom. The number of carbonyl (C=O) groups excluding carboxylic acids is 1. The van der Waals surface area contributed by atoms with Gasteiger partial charge in [-0.25, -0.2) is 8.42 Å². The number of carbonyl (C=O) groups is 1. The number of hydrazine groups is 1. The monoisotopic (exact) mass is 488 g/mol. The number of fused-ring (bicyclic) bond motifs is 1. The first-order valence-corrected chi connectivity index (χ1v) is 11.8. The van der Waals surface area contributed by atoms with E-state index in [1.807, 2.05) is 0 Å². The minimum atomic E-state index is -3.52. The Hall–Kier alpha value is -2.00. The number of nitrogens with zero attached hydrogens (tertiary/aromatic N) is 1. The van der Waals surface area contributed by atoms with Crippen molar-refractivity contribution in [3.05, 3.63) is 57.0 Å². The molecule has 0 fully saturated rings. The number of amides is 1. The van der Waals surface area contributed by atoms with Gasteiger partial charge in [-0.3, -0.25) is 25.4 Å². The minimum Gasteiger partial charge on any atom is -0.296 e. The first-order chi connectivity index (χ1) is 14.3. The molecule has 3 rings (SSSR count). The van der Waals surface area contributed by atoms with Crippen LogP contribution < -0.4 is 15.6 Å². The van der Waals surface area contributed by atoms with E-state index in [-0.39, 0.29) is 10.8 Å². The zero-order valence-corrected chi connectivity index (χ0v) is 18.8. The zero-order valence-electron chi connectivity index (χ0n) is 15.7. The van der Waals surface area contributed by atoms with Crippen LogP contribution >= 0.6 is 34.8 Å². The summed E-state index contributed by atoms with van der Waals surface area (Å²) in [6.07, 6.45) is 2.45. The van der Waals surface area contributed by atoms with Gasteiger partial charge in [-0.1, -0.05) is 53.4 Å². The summed E-state index contributed by atoms with van der Waals surface area (Å²) in [5, 5.41) is 1.01. The Kier molecular flexibility index (Phi) is 7.46. The average Bonchev–Trinajstić information content (AvgIpc) is 2.94. The molecule has 2 aromatic rings. The number of anilines is 1. The van der Waals surface area contributed by atoms with Crippen LogP contribution in [0.5, 0.6) is 0 Å². The molecule has 0 aromatic heterocycles. The number of hydrogen-bond donors (Lipinski definition) is 3. The smallest absolute Gasteiger partial charge is 0.263 e. The number of benzene rings is 2. The number of rotatable bonds is 8. The third kappa shape index (κ3) is 5.57. The van der Waals surface area contributed by atoms with Crippen LogP contribution in [0.3, 0.4) is 0 Å². The fourth-order valence-electron chi connectivity index (χ4n) is 2.87. The Labute approximate surface area is 189 Å². The van der Waals surface area contributed by atoms with Crippen LogP contribution in [0, 0.1) is 0 Å². The quantitative estimate of drug-likeness (QED) is 0.378. The lowest BCUT2D eigenvalue weighted by molar-refractivity contribution is -0.120. The van der Waals surface area contributed by atoms with Gasteiger partial charge in [0.2, 0.25) is 5.91 Å². The topological polar surface area (TPSA) is 99.7 Å². The summed E-state index contributed by atoms with van der Waals surface area (Å²) < 4.78 is 26.5. The highest BCUT2D eigenvalue weighted by atomic mass is 35.5. The summed E-state index contributed by atoms with van der Waals surface area (Å²) >= 11 is 17.9. The maximum atomic E-state index is 12.0. The molecule has 1 heterocycles. The second-order valence-corrected chi connectivity index (χ2v) is 9.46. The van der Waals surface area contributed by atoms with Crippen molar-refractivity contribution in [2.24, 2.45) is 4.99 Å². The van der Waals surface area contributed by atoms with E-state index in [0.29, 0.717) is 51.5 Å². The number of hydrogen-bond acceptors (Lipinski definition) is 5. The van der Waals surface area contributed by atoms with Gasteiger partial charge in [0.25, 0.3) is 10.0 Å². The maximum absolute atomic E-state index is 12.0. The van der Waals surface area contributed by atoms with E-state index in [1.165, 1.54) is 12.1 Å². The predicted molar refractivity (Wildman–Crippen MR) is 120 cm³/mol. The van der Waals surface area contributed by atoms with Gasteiger partial charge in [0, 0.05) is 23.6 Å². The standard InChI is InChI=1S/C19H19Cl3N4O3S/c20-12-10-14(21)18(15(22)11-12)25-24-17(27)8-2-1-5-9-23-19-13-6-3-4-7-16(13)30(28,29)26-19/h3-4,6-7,10-11,25H,1-2,5,8-9H2,(H,23,26)(H,24,27). The normalized spacial score (nSPS) is 15.5. The van der Waals surface area contributed by atoms with E-state index >= 15 is 0 Å². The summed E-state index contributed by atoms with van der Waals surface area (Å²) in [6, 6.07) is 9.77. The highest BCUT2D eigenvalue weighted by Gasteiger charge is 2.29. The molecule has 1 aliphatic heterocycles. The van der Waals surface area contributed by atoms with Crippen LogP contribution in [0.25, 0.3) is 0 Å². The van der Waals surface area contributed by atoms with Gasteiger partial charge in [0.15, 0.2) is 0 Å². The Morgan fingerprint density at radius 1 is 1.03 bits per heavy atom. The van der Waals surface area contributed by atoms with E-state index in [4.69, 9.17) is 34.8 Å². The van der Waals surface area contributed by atoms with Crippen LogP contribution in [0.2, 0.25) is 15.1 Å². The van der Waals surface area contributed by atoms with Crippen molar-refractivity contribution in [3.8, 4) is 0 Å². The number of aliphatic imine (C=N–C) groups is 1. The average molecular weight is 490 g/mol. The van der Waals surface area contributed by atoms with Crippen LogP contribution in [-0.2, 0) is 14.8 Å². The lowest BCUT2D eigenvalue weighted by Crippen LogP contribution is -2.29. The molecule has 0 spiro atoms. The Balaban J connectivity index is 1.39. The number of halogens is 3. The van der Waals surface area contributed by atoms with E-state index in [2.05, 4.69) is 20.6 Å². The second-order valence-electron chi connectivity index (χ2n) is 6.56. The summed E-state index contributed by atoms with van der Waals surface area (Å²) in [7, 11) is -3.52. The molecule has 7 nitrogen and oxygen atoms in total. The molecule has 160 valence electrons. The van der Waals surface area contributed by atoms with E-state index in [9.17, 15) is 13.2 Å². The molecule has 30 heavy (non-hydrogen) atoms. The molecule has 2 aromatic carbocycles. The van der Waals surface area contributed by atoms with Crippen molar-refractivity contribution < 1.29 is 13.2 Å². The SMILES string of the molecule is O=C(CCCCCN=C1NS(=O)(=O)c2ccccc21)NNc1c(Cl)cc(Cl)cc1Cl. The van der Waals surface area contributed by atoms with Crippen molar-refractivity contribution >= 4 is 62.3 Å². The summed E-state index contributed by atoms with van der Waals surface area (Å²) in [4.78, 5) is 16.6. The van der Waals surface area contributed by atoms with Crippen LogP contribution in [-0.4, -0.2) is 26.7 Å². The molecule has 0 unspecified atom stereocenters. The molecular formula is C19H19Cl3N4O3S. The van der Waals surface area contributed by atoms with E-state index in [1.54, 1.807) is 24.3 Å². The number of amidine groups is 1. The molecule has 0 saturated heterocycles.